The minimum absolute atomic E-state index is 0.199. The molecule has 3 aromatic rings. The van der Waals surface area contributed by atoms with Gasteiger partial charge in [-0.25, -0.2) is 13.8 Å². The van der Waals surface area contributed by atoms with E-state index < -0.39 is 12.2 Å². The van der Waals surface area contributed by atoms with E-state index in [1.165, 1.54) is 32.1 Å². The van der Waals surface area contributed by atoms with E-state index in [2.05, 4.69) is 30.4 Å². The van der Waals surface area contributed by atoms with Gasteiger partial charge in [0.2, 0.25) is 5.82 Å². The lowest BCUT2D eigenvalue weighted by atomic mass is 9.89. The van der Waals surface area contributed by atoms with E-state index in [9.17, 15) is 8.78 Å². The first kappa shape index (κ1) is 18.4. The van der Waals surface area contributed by atoms with Crippen molar-refractivity contribution in [2.24, 2.45) is 0 Å². The fourth-order valence-electron chi connectivity index (χ4n) is 4.53. The molecule has 154 valence electrons. The zero-order chi connectivity index (χ0) is 19.8. The third-order valence-corrected chi connectivity index (χ3v) is 6.09. The van der Waals surface area contributed by atoms with Gasteiger partial charge in [-0.3, -0.25) is 5.10 Å². The number of hydrogen-bond acceptors (Lipinski definition) is 6. The van der Waals surface area contributed by atoms with E-state index in [4.69, 9.17) is 4.98 Å². The van der Waals surface area contributed by atoms with Crippen molar-refractivity contribution in [2.75, 3.05) is 18.0 Å². The maximum atomic E-state index is 13.1. The molecule has 1 saturated heterocycles. The number of hydrogen-bond donors (Lipinski definition) is 1. The Kier molecular flexibility index (Phi) is 4.84. The number of halogens is 2. The van der Waals surface area contributed by atoms with E-state index in [0.29, 0.717) is 23.9 Å². The summed E-state index contributed by atoms with van der Waals surface area (Å²) < 4.78 is 27.4. The van der Waals surface area contributed by atoms with Crippen molar-refractivity contribution in [3.63, 3.8) is 0 Å². The third-order valence-electron chi connectivity index (χ3n) is 6.09. The molecule has 1 N–H and O–H groups in total. The average Bonchev–Trinajstić information content (AvgIpc) is 3.41. The molecule has 1 atom stereocenters. The van der Waals surface area contributed by atoms with Crippen LogP contribution in [-0.4, -0.2) is 48.1 Å². The van der Waals surface area contributed by atoms with Crippen LogP contribution in [0, 0.1) is 0 Å². The molecule has 0 amide bonds. The van der Waals surface area contributed by atoms with Gasteiger partial charge in [0, 0.05) is 24.9 Å². The fraction of sp³-hybridized carbons (Fsp3) is 0.632. The first-order valence-corrected chi connectivity index (χ1v) is 10.4. The molecular formula is C19H24F2N8. The van der Waals surface area contributed by atoms with Crippen molar-refractivity contribution in [1.29, 1.82) is 0 Å². The summed E-state index contributed by atoms with van der Waals surface area (Å²) in [6.07, 6.45) is 5.46. The van der Waals surface area contributed by atoms with Gasteiger partial charge in [-0.05, 0) is 37.8 Å². The second-order valence-electron chi connectivity index (χ2n) is 8.02. The standard InChI is InChI=1S/C19H24F2N8/c20-16(21)19-26-23-14-8-9-15(27-29(14)19)28-10-4-7-13(11-28)18-22-17(24-25-18)12-5-2-1-3-6-12/h8-9,12-13,16H,1-7,10-11H2,(H,22,24,25)/t13-/m0/s1. The molecule has 2 aliphatic rings. The fourth-order valence-corrected chi connectivity index (χ4v) is 4.53. The second kappa shape index (κ2) is 7.64. The third kappa shape index (κ3) is 3.56. The summed E-state index contributed by atoms with van der Waals surface area (Å²) in [5, 5.41) is 19.4. The Labute approximate surface area is 166 Å². The molecule has 5 rings (SSSR count). The molecule has 3 aromatic heterocycles. The maximum Gasteiger partial charge on any atom is 0.299 e. The molecule has 0 spiro atoms. The van der Waals surface area contributed by atoms with Gasteiger partial charge in [0.1, 0.15) is 11.6 Å². The first-order valence-electron chi connectivity index (χ1n) is 10.4. The Hall–Kier alpha value is -2.65. The van der Waals surface area contributed by atoms with Crippen molar-refractivity contribution in [3.8, 4) is 0 Å². The highest BCUT2D eigenvalue weighted by molar-refractivity contribution is 5.46. The highest BCUT2D eigenvalue weighted by atomic mass is 19.3. The summed E-state index contributed by atoms with van der Waals surface area (Å²) >= 11 is 0. The number of fused-ring (bicyclic) bond motifs is 1. The second-order valence-corrected chi connectivity index (χ2v) is 8.02. The molecule has 8 nitrogen and oxygen atoms in total. The van der Waals surface area contributed by atoms with Crippen LogP contribution in [0.4, 0.5) is 14.6 Å². The first-order chi connectivity index (χ1) is 14.2. The summed E-state index contributed by atoms with van der Waals surface area (Å²) in [5.41, 5.74) is 0.323. The number of rotatable bonds is 4. The van der Waals surface area contributed by atoms with Gasteiger partial charge in [0.25, 0.3) is 6.43 Å². The molecule has 1 aliphatic heterocycles. The van der Waals surface area contributed by atoms with Crippen LogP contribution in [0.5, 0.6) is 0 Å². The van der Waals surface area contributed by atoms with Gasteiger partial charge < -0.3 is 4.90 Å². The molecule has 2 fully saturated rings. The maximum absolute atomic E-state index is 13.1. The lowest BCUT2D eigenvalue weighted by Crippen LogP contribution is -2.35. The Morgan fingerprint density at radius 3 is 2.66 bits per heavy atom. The monoisotopic (exact) mass is 402 g/mol. The Morgan fingerprint density at radius 2 is 1.83 bits per heavy atom. The van der Waals surface area contributed by atoms with Gasteiger partial charge in [-0.1, -0.05) is 19.3 Å². The van der Waals surface area contributed by atoms with Crippen LogP contribution in [0.15, 0.2) is 12.1 Å². The largest absolute Gasteiger partial charge is 0.354 e. The van der Waals surface area contributed by atoms with Gasteiger partial charge in [-0.15, -0.1) is 15.3 Å². The topological polar surface area (TPSA) is 87.9 Å². The number of aromatic amines is 1. The van der Waals surface area contributed by atoms with Crippen LogP contribution in [0.1, 0.15) is 80.7 Å². The molecular weight excluding hydrogens is 378 g/mol. The SMILES string of the molecule is FC(F)c1nnc2ccc(N3CCC[C@H](c4n[nH]c(C5CCCCC5)n4)C3)nn12. The summed E-state index contributed by atoms with van der Waals surface area (Å²) in [5.74, 6) is 2.78. The number of anilines is 1. The van der Waals surface area contributed by atoms with E-state index in [1.807, 2.05) is 6.07 Å². The zero-order valence-electron chi connectivity index (χ0n) is 16.1. The molecule has 0 bridgehead atoms. The highest BCUT2D eigenvalue weighted by Crippen LogP contribution is 2.33. The van der Waals surface area contributed by atoms with Crippen LogP contribution in [-0.2, 0) is 0 Å². The predicted molar refractivity (Wildman–Crippen MR) is 102 cm³/mol. The minimum atomic E-state index is -2.71. The smallest absolute Gasteiger partial charge is 0.299 e. The summed E-state index contributed by atoms with van der Waals surface area (Å²) in [4.78, 5) is 6.94. The number of aromatic nitrogens is 7. The highest BCUT2D eigenvalue weighted by Gasteiger charge is 2.28. The molecule has 1 aliphatic carbocycles. The molecule has 1 saturated carbocycles. The van der Waals surface area contributed by atoms with Gasteiger partial charge in [-0.2, -0.15) is 9.61 Å². The molecule has 4 heterocycles. The molecule has 29 heavy (non-hydrogen) atoms. The van der Waals surface area contributed by atoms with Crippen LogP contribution in [0.25, 0.3) is 5.65 Å². The van der Waals surface area contributed by atoms with E-state index >= 15 is 0 Å². The lowest BCUT2D eigenvalue weighted by Gasteiger charge is -2.32. The summed E-state index contributed by atoms with van der Waals surface area (Å²) in [7, 11) is 0. The normalized spacial score (nSPS) is 21.3. The number of alkyl halides is 2. The van der Waals surface area contributed by atoms with Crippen molar-refractivity contribution >= 4 is 11.5 Å². The van der Waals surface area contributed by atoms with Crippen molar-refractivity contribution in [2.45, 2.75) is 63.2 Å². The Bertz CT molecular complexity index is 978. The van der Waals surface area contributed by atoms with E-state index in [1.54, 1.807) is 6.07 Å². The molecule has 0 aromatic carbocycles. The van der Waals surface area contributed by atoms with Gasteiger partial charge >= 0.3 is 0 Å². The van der Waals surface area contributed by atoms with Crippen molar-refractivity contribution in [1.82, 2.24) is 35.0 Å². The number of H-pyrrole nitrogens is 1. The zero-order valence-corrected chi connectivity index (χ0v) is 16.1. The Morgan fingerprint density at radius 1 is 1.00 bits per heavy atom. The van der Waals surface area contributed by atoms with Crippen molar-refractivity contribution in [3.05, 3.63) is 29.6 Å². The molecule has 0 radical (unpaired) electrons. The van der Waals surface area contributed by atoms with E-state index in [0.717, 1.165) is 35.6 Å². The van der Waals surface area contributed by atoms with Crippen LogP contribution < -0.4 is 4.90 Å². The molecule has 0 unspecified atom stereocenters. The summed E-state index contributed by atoms with van der Waals surface area (Å²) in [6, 6.07) is 3.49. The van der Waals surface area contributed by atoms with E-state index in [-0.39, 0.29) is 5.92 Å². The lowest BCUT2D eigenvalue weighted by molar-refractivity contribution is 0.137. The predicted octanol–water partition coefficient (Wildman–Crippen LogP) is 3.61. The number of nitrogens with one attached hydrogen (secondary N) is 1. The average molecular weight is 402 g/mol. The van der Waals surface area contributed by atoms with Gasteiger partial charge in [0.05, 0.1) is 0 Å². The van der Waals surface area contributed by atoms with Crippen LogP contribution in [0.2, 0.25) is 0 Å². The van der Waals surface area contributed by atoms with Gasteiger partial charge in [0.15, 0.2) is 11.5 Å². The quantitative estimate of drug-likeness (QED) is 0.717. The number of nitrogens with zero attached hydrogens (tertiary/aromatic N) is 7. The van der Waals surface area contributed by atoms with Crippen LogP contribution in [0.3, 0.4) is 0 Å². The molecule has 10 heteroatoms. The summed E-state index contributed by atoms with van der Waals surface area (Å²) in [6.45, 7) is 1.54. The van der Waals surface area contributed by atoms with Crippen LogP contribution >= 0.6 is 0 Å². The minimum Gasteiger partial charge on any atom is -0.354 e. The Balaban J connectivity index is 1.35. The van der Waals surface area contributed by atoms with Crippen molar-refractivity contribution < 1.29 is 8.78 Å². The number of piperidine rings is 1.